The van der Waals surface area contributed by atoms with Gasteiger partial charge in [-0.3, -0.25) is 4.98 Å². The van der Waals surface area contributed by atoms with Gasteiger partial charge < -0.3 is 0 Å². The fourth-order valence-corrected chi connectivity index (χ4v) is 1.86. The molecule has 0 saturated carbocycles. The fourth-order valence-electron chi connectivity index (χ4n) is 1.86. The molecule has 2 rings (SSSR count). The van der Waals surface area contributed by atoms with Gasteiger partial charge in [0.05, 0.1) is 23.4 Å². The van der Waals surface area contributed by atoms with Crippen LogP contribution in [0.25, 0.3) is 0 Å². The number of hydrogen-bond acceptors (Lipinski definition) is 3. The molecule has 1 aromatic heterocycles. The van der Waals surface area contributed by atoms with Gasteiger partial charge in [0.25, 0.3) is 0 Å². The molecule has 0 fully saturated rings. The van der Waals surface area contributed by atoms with Crippen LogP contribution in [-0.2, 0) is 0 Å². The van der Waals surface area contributed by atoms with Crippen LogP contribution in [0.3, 0.4) is 0 Å². The Hall–Kier alpha value is -2.65. The lowest BCUT2D eigenvalue weighted by Gasteiger charge is -2.10. The summed E-state index contributed by atoms with van der Waals surface area (Å²) < 4.78 is 0. The van der Waals surface area contributed by atoms with Crippen molar-refractivity contribution in [3.8, 4) is 12.1 Å². The molecule has 0 saturated heterocycles. The molecule has 0 spiro atoms. The molecular formula is C15H11N3. The van der Waals surface area contributed by atoms with Crippen LogP contribution in [0.2, 0.25) is 0 Å². The highest BCUT2D eigenvalue weighted by Crippen LogP contribution is 2.25. The van der Waals surface area contributed by atoms with E-state index in [4.69, 9.17) is 5.26 Å². The topological polar surface area (TPSA) is 60.5 Å². The lowest BCUT2D eigenvalue weighted by Crippen LogP contribution is -2.03. The molecule has 0 N–H and O–H groups in total. The smallest absolute Gasteiger partial charge is 0.115 e. The predicted octanol–water partition coefficient (Wildman–Crippen LogP) is 2.92. The first-order chi connectivity index (χ1) is 8.76. The van der Waals surface area contributed by atoms with Gasteiger partial charge in [0.2, 0.25) is 0 Å². The number of nitriles is 2. The number of rotatable bonds is 2. The Balaban J connectivity index is 2.54. The first kappa shape index (κ1) is 11.8. The first-order valence-electron chi connectivity index (χ1n) is 5.57. The van der Waals surface area contributed by atoms with Crippen molar-refractivity contribution >= 4 is 0 Å². The molecule has 0 aliphatic carbocycles. The SMILES string of the molecule is Cc1ccnc(C(C#N)c2ccccc2C#N)c1. The molecule has 1 aromatic carbocycles. The van der Waals surface area contributed by atoms with Crippen molar-refractivity contribution in [2.75, 3.05) is 0 Å². The van der Waals surface area contributed by atoms with Gasteiger partial charge in [-0.2, -0.15) is 10.5 Å². The zero-order chi connectivity index (χ0) is 13.0. The largest absolute Gasteiger partial charge is 0.260 e. The normalized spacial score (nSPS) is 11.3. The maximum atomic E-state index is 9.34. The number of nitrogens with zero attached hydrogens (tertiary/aromatic N) is 3. The summed E-state index contributed by atoms with van der Waals surface area (Å²) in [5.41, 5.74) is 2.96. The van der Waals surface area contributed by atoms with Gasteiger partial charge in [0.15, 0.2) is 0 Å². The Kier molecular flexibility index (Phi) is 3.36. The van der Waals surface area contributed by atoms with E-state index < -0.39 is 5.92 Å². The number of aryl methyl sites for hydroxylation is 1. The van der Waals surface area contributed by atoms with Gasteiger partial charge in [-0.25, -0.2) is 0 Å². The minimum Gasteiger partial charge on any atom is -0.260 e. The van der Waals surface area contributed by atoms with Crippen LogP contribution < -0.4 is 0 Å². The molecule has 1 unspecified atom stereocenters. The Morgan fingerprint density at radius 1 is 1.17 bits per heavy atom. The van der Waals surface area contributed by atoms with Crippen LogP contribution in [-0.4, -0.2) is 4.98 Å². The van der Waals surface area contributed by atoms with E-state index in [0.717, 1.165) is 5.56 Å². The van der Waals surface area contributed by atoms with E-state index in [0.29, 0.717) is 16.8 Å². The second-order valence-electron chi connectivity index (χ2n) is 4.02. The number of aromatic nitrogens is 1. The molecule has 1 heterocycles. The Labute approximate surface area is 106 Å². The molecule has 0 bridgehead atoms. The van der Waals surface area contributed by atoms with E-state index >= 15 is 0 Å². The Morgan fingerprint density at radius 2 is 1.94 bits per heavy atom. The molecule has 1 atom stereocenters. The van der Waals surface area contributed by atoms with Gasteiger partial charge in [0, 0.05) is 6.20 Å². The number of benzene rings is 1. The summed E-state index contributed by atoms with van der Waals surface area (Å²) in [4.78, 5) is 4.23. The molecule has 0 amide bonds. The van der Waals surface area contributed by atoms with Gasteiger partial charge in [-0.15, -0.1) is 0 Å². The molecule has 3 heteroatoms. The predicted molar refractivity (Wildman–Crippen MR) is 67.6 cm³/mol. The fraction of sp³-hybridized carbons (Fsp3) is 0.133. The molecule has 18 heavy (non-hydrogen) atoms. The molecule has 3 nitrogen and oxygen atoms in total. The highest BCUT2D eigenvalue weighted by Gasteiger charge is 2.18. The van der Waals surface area contributed by atoms with Crippen molar-refractivity contribution < 1.29 is 0 Å². The van der Waals surface area contributed by atoms with Crippen molar-refractivity contribution in [1.82, 2.24) is 4.98 Å². The summed E-state index contributed by atoms with van der Waals surface area (Å²) in [6, 6.07) is 15.2. The van der Waals surface area contributed by atoms with Crippen LogP contribution in [0.15, 0.2) is 42.6 Å². The molecule has 0 aliphatic heterocycles. The van der Waals surface area contributed by atoms with Crippen LogP contribution >= 0.6 is 0 Å². The van der Waals surface area contributed by atoms with E-state index in [1.165, 1.54) is 0 Å². The summed E-state index contributed by atoms with van der Waals surface area (Å²) in [5, 5.41) is 18.4. The Morgan fingerprint density at radius 3 is 2.61 bits per heavy atom. The number of hydrogen-bond donors (Lipinski definition) is 0. The van der Waals surface area contributed by atoms with Gasteiger partial charge >= 0.3 is 0 Å². The minimum atomic E-state index is -0.499. The van der Waals surface area contributed by atoms with E-state index in [1.807, 2.05) is 25.1 Å². The zero-order valence-corrected chi connectivity index (χ0v) is 9.96. The number of pyridine rings is 1. The summed E-state index contributed by atoms with van der Waals surface area (Å²) in [7, 11) is 0. The minimum absolute atomic E-state index is 0.499. The van der Waals surface area contributed by atoms with E-state index in [2.05, 4.69) is 17.1 Å². The molecular weight excluding hydrogens is 222 g/mol. The lowest BCUT2D eigenvalue weighted by atomic mass is 9.92. The molecule has 86 valence electrons. The highest BCUT2D eigenvalue weighted by atomic mass is 14.7. The van der Waals surface area contributed by atoms with Crippen molar-refractivity contribution in [2.45, 2.75) is 12.8 Å². The molecule has 0 radical (unpaired) electrons. The summed E-state index contributed by atoms with van der Waals surface area (Å²) in [6.45, 7) is 1.95. The van der Waals surface area contributed by atoms with E-state index in [9.17, 15) is 5.26 Å². The summed E-state index contributed by atoms with van der Waals surface area (Å²) >= 11 is 0. The summed E-state index contributed by atoms with van der Waals surface area (Å²) in [6.07, 6.45) is 1.68. The lowest BCUT2D eigenvalue weighted by molar-refractivity contribution is 0.956. The van der Waals surface area contributed by atoms with E-state index in [-0.39, 0.29) is 0 Å². The maximum Gasteiger partial charge on any atom is 0.115 e. The van der Waals surface area contributed by atoms with Crippen molar-refractivity contribution in [3.05, 3.63) is 65.0 Å². The van der Waals surface area contributed by atoms with Gasteiger partial charge in [-0.05, 0) is 36.2 Å². The second-order valence-corrected chi connectivity index (χ2v) is 4.02. The van der Waals surface area contributed by atoms with Crippen molar-refractivity contribution in [2.24, 2.45) is 0 Å². The van der Waals surface area contributed by atoms with Crippen molar-refractivity contribution in [3.63, 3.8) is 0 Å². The van der Waals surface area contributed by atoms with Gasteiger partial charge in [-0.1, -0.05) is 18.2 Å². The van der Waals surface area contributed by atoms with Crippen LogP contribution in [0.5, 0.6) is 0 Å². The average molecular weight is 233 g/mol. The summed E-state index contributed by atoms with van der Waals surface area (Å²) in [5.74, 6) is -0.499. The quantitative estimate of drug-likeness (QED) is 0.801. The third-order valence-electron chi connectivity index (χ3n) is 2.75. The van der Waals surface area contributed by atoms with Gasteiger partial charge in [0.1, 0.15) is 5.92 Å². The maximum absolute atomic E-state index is 9.34. The zero-order valence-electron chi connectivity index (χ0n) is 9.96. The third-order valence-corrected chi connectivity index (χ3v) is 2.75. The van der Waals surface area contributed by atoms with Crippen LogP contribution in [0, 0.1) is 29.6 Å². The van der Waals surface area contributed by atoms with Crippen molar-refractivity contribution in [1.29, 1.82) is 10.5 Å². The van der Waals surface area contributed by atoms with Crippen LogP contribution in [0.4, 0.5) is 0 Å². The van der Waals surface area contributed by atoms with Crippen LogP contribution in [0.1, 0.15) is 28.3 Å². The monoisotopic (exact) mass is 233 g/mol. The second kappa shape index (κ2) is 5.12. The molecule has 0 aliphatic rings. The van der Waals surface area contributed by atoms with E-state index in [1.54, 1.807) is 24.4 Å². The molecule has 2 aromatic rings. The third kappa shape index (κ3) is 2.21. The highest BCUT2D eigenvalue weighted by molar-refractivity contribution is 5.46. The standard InChI is InChI=1S/C15H11N3/c1-11-6-7-18-15(8-11)14(10-17)13-5-3-2-4-12(13)9-16/h2-8,14H,1H3. The Bertz CT molecular complexity index is 647. The average Bonchev–Trinajstić information content (AvgIpc) is 2.40. The first-order valence-corrected chi connectivity index (χ1v) is 5.57.